The summed E-state index contributed by atoms with van der Waals surface area (Å²) in [5.41, 5.74) is 1.79. The number of amides is 2. The number of benzene rings is 1. The van der Waals surface area contributed by atoms with E-state index < -0.39 is 0 Å². The summed E-state index contributed by atoms with van der Waals surface area (Å²) in [4.78, 5) is 32.6. The zero-order chi connectivity index (χ0) is 27.2. The third-order valence-electron chi connectivity index (χ3n) is 7.90. The number of carbonyl (C=O) groups is 2. The second kappa shape index (κ2) is 12.9. The molecular formula is C29H38N4O5S. The average molecular weight is 555 g/mol. The molecule has 0 radical (unpaired) electrons. The maximum absolute atomic E-state index is 13.9. The summed E-state index contributed by atoms with van der Waals surface area (Å²) in [5.74, 6) is 1.17. The second-order valence-electron chi connectivity index (χ2n) is 10.3. The van der Waals surface area contributed by atoms with Gasteiger partial charge in [0.05, 0.1) is 44.1 Å². The molecule has 9 nitrogen and oxygen atoms in total. The standard InChI is InChI=1S/C29H38N4O5S/c1-36-25-10-9-22(18-26(25)37-2)24-19-23(27-8-5-17-39-27)30-33(24)28(34)20-32(29(35)21-6-3-4-7-21)12-11-31-13-15-38-16-14-31/h5,8-10,17-18,21,24H,3-4,6-7,11-16,19-20H2,1-2H3/t24-/m0/s1. The Morgan fingerprint density at radius 3 is 2.56 bits per heavy atom. The fourth-order valence-corrected chi connectivity index (χ4v) is 6.39. The van der Waals surface area contributed by atoms with Crippen LogP contribution in [0.25, 0.3) is 0 Å². The van der Waals surface area contributed by atoms with Crippen molar-refractivity contribution in [3.63, 3.8) is 0 Å². The molecule has 2 amide bonds. The Balaban J connectivity index is 1.38. The van der Waals surface area contributed by atoms with Crippen molar-refractivity contribution >= 4 is 28.9 Å². The summed E-state index contributed by atoms with van der Waals surface area (Å²) < 4.78 is 16.4. The van der Waals surface area contributed by atoms with Gasteiger partial charge in [-0.25, -0.2) is 5.01 Å². The normalized spacial score (nSPS) is 20.2. The quantitative estimate of drug-likeness (QED) is 0.444. The molecule has 2 aromatic rings. The number of morpholine rings is 1. The van der Waals surface area contributed by atoms with Crippen LogP contribution in [0.1, 0.15) is 48.6 Å². The van der Waals surface area contributed by atoms with Crippen LogP contribution in [-0.4, -0.2) is 92.5 Å². The number of carbonyl (C=O) groups excluding carboxylic acids is 2. The summed E-state index contributed by atoms with van der Waals surface area (Å²) in [6, 6.07) is 9.46. The lowest BCUT2D eigenvalue weighted by molar-refractivity contribution is -0.144. The molecule has 2 fully saturated rings. The first-order valence-corrected chi connectivity index (χ1v) is 14.7. The molecule has 0 N–H and O–H groups in total. The third kappa shape index (κ3) is 6.45. The first kappa shape index (κ1) is 27.6. The van der Waals surface area contributed by atoms with E-state index >= 15 is 0 Å². The number of ether oxygens (including phenoxy) is 3. The van der Waals surface area contributed by atoms with E-state index in [0.717, 1.165) is 61.5 Å². The van der Waals surface area contributed by atoms with E-state index in [2.05, 4.69) is 4.90 Å². The number of hydrogen-bond acceptors (Lipinski definition) is 8. The number of methoxy groups -OCH3 is 2. The molecule has 0 spiro atoms. The smallest absolute Gasteiger partial charge is 0.262 e. The average Bonchev–Trinajstić information content (AvgIpc) is 3.77. The van der Waals surface area contributed by atoms with E-state index in [1.165, 1.54) is 0 Å². The van der Waals surface area contributed by atoms with Crippen LogP contribution in [0.15, 0.2) is 40.8 Å². The highest BCUT2D eigenvalue weighted by atomic mass is 32.1. The van der Waals surface area contributed by atoms with Crippen molar-refractivity contribution in [3.05, 3.63) is 46.2 Å². The molecule has 10 heteroatoms. The Labute approximate surface area is 234 Å². The van der Waals surface area contributed by atoms with Gasteiger partial charge in [-0.15, -0.1) is 11.3 Å². The maximum Gasteiger partial charge on any atom is 0.262 e. The molecule has 1 aromatic heterocycles. The topological polar surface area (TPSA) is 83.9 Å². The molecule has 3 heterocycles. The molecule has 1 aromatic carbocycles. The van der Waals surface area contributed by atoms with Crippen molar-refractivity contribution < 1.29 is 23.8 Å². The van der Waals surface area contributed by atoms with Gasteiger partial charge in [-0.1, -0.05) is 25.0 Å². The predicted molar refractivity (Wildman–Crippen MR) is 150 cm³/mol. The molecule has 0 bridgehead atoms. The van der Waals surface area contributed by atoms with Gasteiger partial charge in [0.1, 0.15) is 6.54 Å². The largest absolute Gasteiger partial charge is 0.493 e. The van der Waals surface area contributed by atoms with E-state index in [1.807, 2.05) is 35.7 Å². The number of hydrazone groups is 1. The Morgan fingerprint density at radius 1 is 1.10 bits per heavy atom. The lowest BCUT2D eigenvalue weighted by Crippen LogP contribution is -2.47. The summed E-state index contributed by atoms with van der Waals surface area (Å²) >= 11 is 1.61. The molecule has 1 saturated heterocycles. The molecule has 210 valence electrons. The van der Waals surface area contributed by atoms with Crippen LogP contribution in [-0.2, 0) is 14.3 Å². The minimum Gasteiger partial charge on any atom is -0.493 e. The van der Waals surface area contributed by atoms with Gasteiger partial charge in [-0.3, -0.25) is 14.5 Å². The van der Waals surface area contributed by atoms with Crippen LogP contribution in [0.3, 0.4) is 0 Å². The van der Waals surface area contributed by atoms with Gasteiger partial charge in [-0.2, -0.15) is 5.10 Å². The Bertz CT molecular complexity index is 1160. The predicted octanol–water partition coefficient (Wildman–Crippen LogP) is 3.79. The zero-order valence-corrected chi connectivity index (χ0v) is 23.7. The summed E-state index contributed by atoms with van der Waals surface area (Å²) in [6.45, 7) is 4.38. The van der Waals surface area contributed by atoms with Gasteiger partial charge >= 0.3 is 0 Å². The van der Waals surface area contributed by atoms with Crippen LogP contribution in [0.4, 0.5) is 0 Å². The second-order valence-corrected chi connectivity index (χ2v) is 11.2. The molecular weight excluding hydrogens is 516 g/mol. The molecule has 39 heavy (non-hydrogen) atoms. The van der Waals surface area contributed by atoms with E-state index in [0.29, 0.717) is 37.7 Å². The minimum atomic E-state index is -0.294. The number of thiophene rings is 1. The van der Waals surface area contributed by atoms with E-state index in [4.69, 9.17) is 19.3 Å². The van der Waals surface area contributed by atoms with Crippen molar-refractivity contribution in [2.24, 2.45) is 11.0 Å². The van der Waals surface area contributed by atoms with Crippen molar-refractivity contribution in [2.45, 2.75) is 38.1 Å². The number of hydrogen-bond donors (Lipinski definition) is 0. The SMILES string of the molecule is COc1ccc([C@@H]2CC(c3cccs3)=NN2C(=O)CN(CCN2CCOCC2)C(=O)C2CCCC2)cc1OC. The van der Waals surface area contributed by atoms with Gasteiger partial charge < -0.3 is 19.1 Å². The monoisotopic (exact) mass is 554 g/mol. The highest BCUT2D eigenvalue weighted by molar-refractivity contribution is 7.12. The summed E-state index contributed by atoms with van der Waals surface area (Å²) in [7, 11) is 3.21. The van der Waals surface area contributed by atoms with Crippen LogP contribution in [0.2, 0.25) is 0 Å². The van der Waals surface area contributed by atoms with E-state index in [-0.39, 0.29) is 30.3 Å². The van der Waals surface area contributed by atoms with Crippen molar-refractivity contribution in [3.8, 4) is 11.5 Å². The highest BCUT2D eigenvalue weighted by Crippen LogP contribution is 2.38. The van der Waals surface area contributed by atoms with Crippen LogP contribution < -0.4 is 9.47 Å². The van der Waals surface area contributed by atoms with E-state index in [1.54, 1.807) is 35.5 Å². The van der Waals surface area contributed by atoms with Crippen molar-refractivity contribution in [2.75, 3.05) is 60.2 Å². The first-order chi connectivity index (χ1) is 19.1. The van der Waals surface area contributed by atoms with Gasteiger partial charge in [0.15, 0.2) is 11.5 Å². The molecule has 5 rings (SSSR count). The fraction of sp³-hybridized carbons (Fsp3) is 0.552. The summed E-state index contributed by atoms with van der Waals surface area (Å²) in [5, 5.41) is 8.42. The van der Waals surface area contributed by atoms with Gasteiger partial charge in [-0.05, 0) is 42.0 Å². The third-order valence-corrected chi connectivity index (χ3v) is 8.81. The van der Waals surface area contributed by atoms with Gasteiger partial charge in [0.25, 0.3) is 5.91 Å². The Morgan fingerprint density at radius 2 is 1.87 bits per heavy atom. The molecule has 1 atom stereocenters. The van der Waals surface area contributed by atoms with Gasteiger partial charge in [0, 0.05) is 38.5 Å². The minimum absolute atomic E-state index is 0.00731. The molecule has 1 aliphatic carbocycles. The van der Waals surface area contributed by atoms with Crippen LogP contribution in [0.5, 0.6) is 11.5 Å². The molecule has 0 unspecified atom stereocenters. The van der Waals surface area contributed by atoms with Crippen molar-refractivity contribution in [1.82, 2.24) is 14.8 Å². The molecule has 3 aliphatic rings. The Hall–Kier alpha value is -2.95. The van der Waals surface area contributed by atoms with Crippen LogP contribution >= 0.6 is 11.3 Å². The Kier molecular flexibility index (Phi) is 9.16. The van der Waals surface area contributed by atoms with Gasteiger partial charge in [0.2, 0.25) is 5.91 Å². The number of rotatable bonds is 10. The fourth-order valence-electron chi connectivity index (χ4n) is 5.67. The highest BCUT2D eigenvalue weighted by Gasteiger charge is 2.36. The van der Waals surface area contributed by atoms with Crippen molar-refractivity contribution in [1.29, 1.82) is 0 Å². The zero-order valence-electron chi connectivity index (χ0n) is 22.8. The maximum atomic E-state index is 13.9. The summed E-state index contributed by atoms with van der Waals surface area (Å²) in [6.07, 6.45) is 4.54. The van der Waals surface area contributed by atoms with Crippen LogP contribution in [0, 0.1) is 5.92 Å². The number of nitrogens with zero attached hydrogens (tertiary/aromatic N) is 4. The lowest BCUT2D eigenvalue weighted by Gasteiger charge is -2.32. The first-order valence-electron chi connectivity index (χ1n) is 13.8. The van der Waals surface area contributed by atoms with E-state index in [9.17, 15) is 9.59 Å². The lowest BCUT2D eigenvalue weighted by atomic mass is 10.0. The molecule has 1 saturated carbocycles. The molecule has 2 aliphatic heterocycles.